The number of fused-ring (bicyclic) bond motifs is 1. The first-order valence-corrected chi connectivity index (χ1v) is 4.45. The van der Waals surface area contributed by atoms with Gasteiger partial charge in [-0.25, -0.2) is 9.97 Å². The quantitative estimate of drug-likeness (QED) is 0.537. The van der Waals surface area contributed by atoms with E-state index in [0.29, 0.717) is 11.0 Å². The Bertz CT molecular complexity index is 515. The van der Waals surface area contributed by atoms with Crippen molar-refractivity contribution in [3.05, 3.63) is 22.4 Å². The van der Waals surface area contributed by atoms with Crippen LogP contribution in [0.4, 0.5) is 5.69 Å². The number of halogens is 2. The van der Waals surface area contributed by atoms with Gasteiger partial charge in [-0.05, 0) is 12.1 Å². The van der Waals surface area contributed by atoms with Gasteiger partial charge in [-0.3, -0.25) is 0 Å². The molecule has 0 fully saturated rings. The second kappa shape index (κ2) is 3.15. The summed E-state index contributed by atoms with van der Waals surface area (Å²) in [6.45, 7) is 0. The van der Waals surface area contributed by atoms with Crippen molar-refractivity contribution in [1.29, 1.82) is 0 Å². The Morgan fingerprint density at radius 3 is 2.50 bits per heavy atom. The van der Waals surface area contributed by atoms with Crippen molar-refractivity contribution < 1.29 is 5.11 Å². The molecule has 14 heavy (non-hydrogen) atoms. The van der Waals surface area contributed by atoms with Crippen LogP contribution >= 0.6 is 23.2 Å². The molecule has 1 heterocycles. The van der Waals surface area contributed by atoms with Crippen molar-refractivity contribution >= 4 is 39.9 Å². The van der Waals surface area contributed by atoms with E-state index in [9.17, 15) is 5.11 Å². The zero-order valence-corrected chi connectivity index (χ0v) is 8.34. The smallest absolute Gasteiger partial charge is 0.167 e. The highest BCUT2D eigenvalue weighted by Crippen LogP contribution is 2.29. The number of rotatable bonds is 0. The highest BCUT2D eigenvalue weighted by molar-refractivity contribution is 6.40. The van der Waals surface area contributed by atoms with E-state index in [2.05, 4.69) is 9.97 Å². The van der Waals surface area contributed by atoms with E-state index in [0.717, 1.165) is 0 Å². The molecule has 1 aromatic heterocycles. The van der Waals surface area contributed by atoms with Crippen LogP contribution in [0.5, 0.6) is 5.75 Å². The molecule has 0 radical (unpaired) electrons. The molecule has 6 heteroatoms. The lowest BCUT2D eigenvalue weighted by Gasteiger charge is -2.03. The Hall–Kier alpha value is -1.26. The van der Waals surface area contributed by atoms with Gasteiger partial charge in [0.25, 0.3) is 0 Å². The molecule has 0 amide bonds. The van der Waals surface area contributed by atoms with E-state index in [1.807, 2.05) is 0 Å². The number of phenolic OH excluding ortho intramolecular Hbond substituents is 1. The van der Waals surface area contributed by atoms with Crippen molar-refractivity contribution in [2.24, 2.45) is 0 Å². The number of phenols is 1. The fourth-order valence-electron chi connectivity index (χ4n) is 1.09. The molecule has 0 aliphatic carbocycles. The summed E-state index contributed by atoms with van der Waals surface area (Å²) in [5.74, 6) is -0.0508. The SMILES string of the molecule is Nc1c(O)ccc2nc(Cl)c(Cl)nc12. The number of nitrogens with two attached hydrogens (primary N) is 1. The predicted octanol–water partition coefficient (Wildman–Crippen LogP) is 2.22. The Labute approximate surface area is 89.3 Å². The molecule has 0 saturated carbocycles. The number of aromatic nitrogens is 2. The van der Waals surface area contributed by atoms with Crippen LogP contribution in [0.25, 0.3) is 11.0 Å². The fraction of sp³-hybridized carbons (Fsp3) is 0. The number of aromatic hydroxyl groups is 1. The van der Waals surface area contributed by atoms with Crippen molar-refractivity contribution in [3.8, 4) is 5.75 Å². The number of hydrogen-bond acceptors (Lipinski definition) is 4. The number of anilines is 1. The van der Waals surface area contributed by atoms with E-state index in [4.69, 9.17) is 28.9 Å². The maximum absolute atomic E-state index is 9.31. The van der Waals surface area contributed by atoms with Crippen LogP contribution in [0.15, 0.2) is 12.1 Å². The van der Waals surface area contributed by atoms with E-state index in [1.54, 1.807) is 6.07 Å². The zero-order valence-electron chi connectivity index (χ0n) is 6.83. The highest BCUT2D eigenvalue weighted by Gasteiger charge is 2.09. The van der Waals surface area contributed by atoms with Gasteiger partial charge in [0.2, 0.25) is 0 Å². The molecule has 0 bridgehead atoms. The van der Waals surface area contributed by atoms with Gasteiger partial charge in [-0.15, -0.1) is 0 Å². The summed E-state index contributed by atoms with van der Waals surface area (Å²) >= 11 is 11.3. The van der Waals surface area contributed by atoms with Crippen LogP contribution in [0.1, 0.15) is 0 Å². The normalized spacial score (nSPS) is 10.7. The Morgan fingerprint density at radius 1 is 1.14 bits per heavy atom. The minimum atomic E-state index is -0.0508. The van der Waals surface area contributed by atoms with E-state index in [1.165, 1.54) is 6.07 Å². The third-order valence-electron chi connectivity index (χ3n) is 1.77. The summed E-state index contributed by atoms with van der Waals surface area (Å²) in [6, 6.07) is 2.99. The molecule has 2 aromatic rings. The van der Waals surface area contributed by atoms with Gasteiger partial charge >= 0.3 is 0 Å². The largest absolute Gasteiger partial charge is 0.506 e. The molecule has 1 aromatic carbocycles. The first-order valence-electron chi connectivity index (χ1n) is 3.70. The van der Waals surface area contributed by atoms with Crippen LogP contribution in [-0.4, -0.2) is 15.1 Å². The highest BCUT2D eigenvalue weighted by atomic mass is 35.5. The molecule has 72 valence electrons. The van der Waals surface area contributed by atoms with Crippen LogP contribution < -0.4 is 5.73 Å². The van der Waals surface area contributed by atoms with Gasteiger partial charge in [0, 0.05) is 0 Å². The van der Waals surface area contributed by atoms with Crippen LogP contribution in [0, 0.1) is 0 Å². The first-order chi connectivity index (χ1) is 6.59. The topological polar surface area (TPSA) is 72.0 Å². The van der Waals surface area contributed by atoms with Crippen molar-refractivity contribution in [1.82, 2.24) is 9.97 Å². The van der Waals surface area contributed by atoms with Gasteiger partial charge in [-0.1, -0.05) is 23.2 Å². The van der Waals surface area contributed by atoms with Gasteiger partial charge < -0.3 is 10.8 Å². The average Bonchev–Trinajstić information content (AvgIpc) is 2.15. The number of nitrogen functional groups attached to an aromatic ring is 1. The fourth-order valence-corrected chi connectivity index (χ4v) is 1.35. The molecule has 4 nitrogen and oxygen atoms in total. The monoisotopic (exact) mass is 229 g/mol. The number of benzene rings is 1. The minimum Gasteiger partial charge on any atom is -0.506 e. The third kappa shape index (κ3) is 1.32. The Kier molecular flexibility index (Phi) is 2.09. The molecule has 0 aliphatic heterocycles. The molecule has 0 saturated heterocycles. The average molecular weight is 230 g/mol. The van der Waals surface area contributed by atoms with Crippen LogP contribution in [0.2, 0.25) is 10.3 Å². The van der Waals surface area contributed by atoms with Crippen molar-refractivity contribution in [2.75, 3.05) is 5.73 Å². The molecule has 3 N–H and O–H groups in total. The van der Waals surface area contributed by atoms with E-state index >= 15 is 0 Å². The maximum atomic E-state index is 9.31. The zero-order chi connectivity index (χ0) is 10.3. The second-order valence-electron chi connectivity index (χ2n) is 2.67. The third-order valence-corrected chi connectivity index (χ3v) is 2.40. The minimum absolute atomic E-state index is 0.0508. The summed E-state index contributed by atoms with van der Waals surface area (Å²) in [5, 5.41) is 9.49. The maximum Gasteiger partial charge on any atom is 0.167 e. The van der Waals surface area contributed by atoms with Crippen LogP contribution in [-0.2, 0) is 0 Å². The van der Waals surface area contributed by atoms with Gasteiger partial charge in [-0.2, -0.15) is 0 Å². The Balaban J connectivity index is 2.89. The molecule has 0 unspecified atom stereocenters. The van der Waals surface area contributed by atoms with Gasteiger partial charge in [0.1, 0.15) is 17.0 Å². The first kappa shape index (κ1) is 9.30. The molecular weight excluding hydrogens is 225 g/mol. The predicted molar refractivity (Wildman–Crippen MR) is 55.6 cm³/mol. The van der Waals surface area contributed by atoms with Gasteiger partial charge in [0.05, 0.1) is 5.52 Å². The molecule has 0 atom stereocenters. The van der Waals surface area contributed by atoms with E-state index < -0.39 is 0 Å². The lowest BCUT2D eigenvalue weighted by atomic mass is 10.2. The molecule has 0 spiro atoms. The summed E-state index contributed by atoms with van der Waals surface area (Å²) in [4.78, 5) is 7.88. The standard InChI is InChI=1S/C8H5Cl2N3O/c9-7-8(10)13-6-3(12-7)1-2-4(14)5(6)11/h1-2,14H,11H2. The molecular formula is C8H5Cl2N3O. The Morgan fingerprint density at radius 2 is 1.79 bits per heavy atom. The second-order valence-corrected chi connectivity index (χ2v) is 3.39. The lowest BCUT2D eigenvalue weighted by Crippen LogP contribution is -1.93. The van der Waals surface area contributed by atoms with E-state index in [-0.39, 0.29) is 21.7 Å². The summed E-state index contributed by atoms with van der Waals surface area (Å²) in [5.41, 5.74) is 6.57. The van der Waals surface area contributed by atoms with Crippen molar-refractivity contribution in [3.63, 3.8) is 0 Å². The lowest BCUT2D eigenvalue weighted by molar-refractivity contribution is 0.478. The van der Waals surface area contributed by atoms with Crippen LogP contribution in [0.3, 0.4) is 0 Å². The summed E-state index contributed by atoms with van der Waals surface area (Å²) in [7, 11) is 0. The number of hydrogen-bond donors (Lipinski definition) is 2. The van der Waals surface area contributed by atoms with Crippen molar-refractivity contribution in [2.45, 2.75) is 0 Å². The van der Waals surface area contributed by atoms with Gasteiger partial charge in [0.15, 0.2) is 10.3 Å². The summed E-state index contributed by atoms with van der Waals surface area (Å²) < 4.78 is 0. The number of nitrogens with zero attached hydrogens (tertiary/aromatic N) is 2. The molecule has 2 rings (SSSR count). The molecule has 0 aliphatic rings. The summed E-state index contributed by atoms with van der Waals surface area (Å²) in [6.07, 6.45) is 0.